The van der Waals surface area contributed by atoms with E-state index in [1.165, 1.54) is 33.6 Å². The van der Waals surface area contributed by atoms with Crippen molar-refractivity contribution < 1.29 is 0 Å². The third kappa shape index (κ3) is 6.25. The van der Waals surface area contributed by atoms with Crippen molar-refractivity contribution in [2.45, 2.75) is 170 Å². The summed E-state index contributed by atoms with van der Waals surface area (Å²) in [5.41, 5.74) is 19.3. The molecule has 60 heavy (non-hydrogen) atoms. The van der Waals surface area contributed by atoms with E-state index in [2.05, 4.69) is 182 Å². The Morgan fingerprint density at radius 3 is 1.03 bits per heavy atom. The second kappa shape index (κ2) is 12.4. The molecular formula is C54H66N6. The average molecular weight is 799 g/mol. The molecule has 0 radical (unpaired) electrons. The van der Waals surface area contributed by atoms with E-state index < -0.39 is 0 Å². The minimum Gasteiger partial charge on any atom is -0.295 e. The van der Waals surface area contributed by atoms with Crippen LogP contribution in [0.4, 0.5) is 0 Å². The Morgan fingerprint density at radius 2 is 0.733 bits per heavy atom. The monoisotopic (exact) mass is 799 g/mol. The number of hydrogen-bond donors (Lipinski definition) is 0. The van der Waals surface area contributed by atoms with Gasteiger partial charge in [0.15, 0.2) is 0 Å². The molecule has 6 heteroatoms. The van der Waals surface area contributed by atoms with Crippen LogP contribution in [-0.4, -0.2) is 28.7 Å². The molecule has 8 aromatic rings. The maximum absolute atomic E-state index is 5.79. The zero-order valence-corrected chi connectivity index (χ0v) is 39.7. The molecule has 7 heterocycles. The molecule has 0 spiro atoms. The number of rotatable bonds is 0. The maximum atomic E-state index is 5.79. The molecule has 6 aromatic heterocycles. The first-order valence-electron chi connectivity index (χ1n) is 22.2. The molecule has 0 atom stereocenters. The molecular weight excluding hydrogens is 733 g/mol. The zero-order valence-electron chi connectivity index (χ0n) is 39.7. The van der Waals surface area contributed by atoms with Crippen molar-refractivity contribution in [3.63, 3.8) is 0 Å². The molecule has 0 saturated carbocycles. The molecule has 1 aliphatic heterocycles. The fourth-order valence-electron chi connectivity index (χ4n) is 9.64. The number of aromatic nitrogens is 6. The summed E-state index contributed by atoms with van der Waals surface area (Å²) >= 11 is 0. The molecule has 0 fully saturated rings. The molecule has 0 N–H and O–H groups in total. The largest absolute Gasteiger partial charge is 0.295 e. The van der Waals surface area contributed by atoms with Crippen molar-refractivity contribution in [1.82, 2.24) is 28.7 Å². The van der Waals surface area contributed by atoms with Gasteiger partial charge in [0.2, 0.25) is 0 Å². The first-order valence-corrected chi connectivity index (χ1v) is 22.2. The molecule has 9 rings (SSSR count). The van der Waals surface area contributed by atoms with Crippen molar-refractivity contribution in [2.24, 2.45) is 0 Å². The second-order valence-corrected chi connectivity index (χ2v) is 24.2. The van der Waals surface area contributed by atoms with Gasteiger partial charge < -0.3 is 0 Å². The maximum Gasteiger partial charge on any atom is 0.147 e. The number of pyridine rings is 4. The van der Waals surface area contributed by atoms with Gasteiger partial charge in [-0.2, -0.15) is 0 Å². The molecule has 6 nitrogen and oxygen atoms in total. The van der Waals surface area contributed by atoms with Crippen LogP contribution in [0.1, 0.15) is 170 Å². The lowest BCUT2D eigenvalue weighted by Crippen LogP contribution is -2.21. The summed E-state index contributed by atoms with van der Waals surface area (Å²) in [6.07, 6.45) is 1.68. The number of fused-ring (bicyclic) bond motifs is 5. The molecule has 0 unspecified atom stereocenters. The fourth-order valence-corrected chi connectivity index (χ4v) is 9.64. The predicted molar refractivity (Wildman–Crippen MR) is 255 cm³/mol. The van der Waals surface area contributed by atoms with Crippen LogP contribution in [0.2, 0.25) is 0 Å². The van der Waals surface area contributed by atoms with Gasteiger partial charge in [-0.25, -0.2) is 9.97 Å². The molecule has 1 aliphatic rings. The summed E-state index contributed by atoms with van der Waals surface area (Å²) < 4.78 is 4.94. The second-order valence-electron chi connectivity index (χ2n) is 24.2. The van der Waals surface area contributed by atoms with Crippen LogP contribution in [0.25, 0.3) is 66.3 Å². The van der Waals surface area contributed by atoms with Crippen molar-refractivity contribution in [3.05, 3.63) is 93.6 Å². The molecule has 0 saturated heterocycles. The van der Waals surface area contributed by atoms with Crippen molar-refractivity contribution in [3.8, 4) is 11.1 Å². The Morgan fingerprint density at radius 1 is 0.383 bits per heavy atom. The van der Waals surface area contributed by atoms with Gasteiger partial charge in [0.1, 0.15) is 11.3 Å². The minimum atomic E-state index is -0.185. The van der Waals surface area contributed by atoms with E-state index in [9.17, 15) is 0 Å². The first kappa shape index (κ1) is 40.6. The fraction of sp³-hybridized carbons (Fsp3) is 0.481. The zero-order chi connectivity index (χ0) is 43.6. The standard InChI is InChI=1S/C54H66N6/c1-49(2,3)31-23-33-34-24-32(50(4,5)6)26-40-44(34)58-48-36-22-30(46(54(16,17)18)56-38(36)28-42(60(40)48)52(10,11)12)20-19-29-21-35-37(55-45(29)53(13,14)15)27-41(51(7,8)9)59-39(25-31)43(33)57-47(35)59/h21-28H,19-20H2,1-18H3. The summed E-state index contributed by atoms with van der Waals surface area (Å²) in [5, 5.41) is 2.19. The van der Waals surface area contributed by atoms with Crippen LogP contribution in [-0.2, 0) is 45.3 Å². The van der Waals surface area contributed by atoms with Gasteiger partial charge in [-0.3, -0.25) is 18.8 Å². The Kier molecular flexibility index (Phi) is 8.37. The van der Waals surface area contributed by atoms with Crippen LogP contribution in [0.5, 0.6) is 0 Å². The quantitative estimate of drug-likeness (QED) is 0.153. The number of aryl methyl sites for hydroxylation is 2. The van der Waals surface area contributed by atoms with Crippen molar-refractivity contribution in [2.75, 3.05) is 0 Å². The SMILES string of the molecule is CC(C)(C)c1cc2c3nc4c5cc(c(C(C)(C)C)nc5cc(C(C)(C)C)n4c3c1)CCc1cc3c(cc(C(C)(C)C)n4c5cc(C(C)(C)C)cc-2c5nc34)nc1C(C)(C)C. The van der Waals surface area contributed by atoms with E-state index in [0.29, 0.717) is 0 Å². The molecule has 8 bridgehead atoms. The van der Waals surface area contributed by atoms with Gasteiger partial charge in [0.25, 0.3) is 0 Å². The van der Waals surface area contributed by atoms with Crippen LogP contribution < -0.4 is 0 Å². The number of nitrogens with zero attached hydrogens (tertiary/aromatic N) is 6. The first-order chi connectivity index (χ1) is 27.5. The van der Waals surface area contributed by atoms with Gasteiger partial charge in [-0.15, -0.1) is 0 Å². The summed E-state index contributed by atoms with van der Waals surface area (Å²) in [6, 6.07) is 19.2. The van der Waals surface area contributed by atoms with Gasteiger partial charge in [-0.05, 0) is 94.5 Å². The van der Waals surface area contributed by atoms with E-state index in [0.717, 1.165) is 90.5 Å². The number of imidazole rings is 2. The Balaban J connectivity index is 1.60. The summed E-state index contributed by atoms with van der Waals surface area (Å²) in [7, 11) is 0. The Hall–Kier alpha value is -4.84. The Bertz CT molecular complexity index is 2910. The molecule has 312 valence electrons. The van der Waals surface area contributed by atoms with Crippen molar-refractivity contribution >= 4 is 55.2 Å². The smallest absolute Gasteiger partial charge is 0.147 e. The third-order valence-electron chi connectivity index (χ3n) is 12.9. The van der Waals surface area contributed by atoms with E-state index in [1.807, 2.05) is 0 Å². The lowest BCUT2D eigenvalue weighted by molar-refractivity contribution is 0.554. The Labute approximate surface area is 357 Å². The van der Waals surface area contributed by atoms with Crippen LogP contribution in [0.15, 0.2) is 48.5 Å². The lowest BCUT2D eigenvalue weighted by atomic mass is 9.82. The summed E-state index contributed by atoms with van der Waals surface area (Å²) in [4.78, 5) is 22.8. The number of benzene rings is 2. The van der Waals surface area contributed by atoms with Crippen LogP contribution in [0, 0.1) is 0 Å². The van der Waals surface area contributed by atoms with Gasteiger partial charge in [0.05, 0.1) is 33.1 Å². The highest BCUT2D eigenvalue weighted by molar-refractivity contribution is 6.08. The van der Waals surface area contributed by atoms with E-state index >= 15 is 0 Å². The highest BCUT2D eigenvalue weighted by atomic mass is 15.1. The highest BCUT2D eigenvalue weighted by Gasteiger charge is 2.32. The minimum absolute atomic E-state index is 0.122. The molecule has 2 aromatic carbocycles. The van der Waals surface area contributed by atoms with Gasteiger partial charge in [0, 0.05) is 66.3 Å². The molecule has 0 aliphatic carbocycles. The summed E-state index contributed by atoms with van der Waals surface area (Å²) in [6.45, 7) is 41.7. The highest BCUT2D eigenvalue weighted by Crippen LogP contribution is 2.45. The van der Waals surface area contributed by atoms with Crippen LogP contribution >= 0.6 is 0 Å². The summed E-state index contributed by atoms with van der Waals surface area (Å²) in [5.74, 6) is 0. The number of hydrogen-bond acceptors (Lipinski definition) is 4. The predicted octanol–water partition coefficient (Wildman–Crippen LogP) is 13.9. The van der Waals surface area contributed by atoms with Gasteiger partial charge >= 0.3 is 0 Å². The molecule has 0 amide bonds. The average Bonchev–Trinajstić information content (AvgIpc) is 3.69. The van der Waals surface area contributed by atoms with E-state index in [-0.39, 0.29) is 32.5 Å². The normalized spacial score (nSPS) is 14.7. The topological polar surface area (TPSA) is 60.4 Å². The van der Waals surface area contributed by atoms with Gasteiger partial charge in [-0.1, -0.05) is 125 Å². The van der Waals surface area contributed by atoms with Crippen molar-refractivity contribution in [1.29, 1.82) is 0 Å². The third-order valence-corrected chi connectivity index (χ3v) is 12.9. The van der Waals surface area contributed by atoms with E-state index in [4.69, 9.17) is 19.9 Å². The lowest BCUT2D eigenvalue weighted by Gasteiger charge is -2.27. The van der Waals surface area contributed by atoms with E-state index in [1.54, 1.807) is 0 Å². The van der Waals surface area contributed by atoms with Crippen LogP contribution in [0.3, 0.4) is 0 Å².